The molecule has 16 heavy (non-hydrogen) atoms. The summed E-state index contributed by atoms with van der Waals surface area (Å²) in [6, 6.07) is 0. The van der Waals surface area contributed by atoms with E-state index in [1.165, 1.54) is 0 Å². The lowest BCUT2D eigenvalue weighted by atomic mass is 9.65. The number of nitrogens with zero attached hydrogens (tertiary/aromatic N) is 1. The second kappa shape index (κ2) is 4.17. The molecule has 0 bridgehead atoms. The molecule has 1 aromatic rings. The summed E-state index contributed by atoms with van der Waals surface area (Å²) in [6.07, 6.45) is 4.48. The van der Waals surface area contributed by atoms with Crippen molar-refractivity contribution in [3.63, 3.8) is 0 Å². The molecular weight excluding hydrogens is 222 g/mol. The molecule has 2 rings (SSSR count). The maximum atomic E-state index is 11.2. The van der Waals surface area contributed by atoms with Crippen LogP contribution in [-0.2, 0) is 4.79 Å². The van der Waals surface area contributed by atoms with Crippen molar-refractivity contribution in [1.82, 2.24) is 4.98 Å². The van der Waals surface area contributed by atoms with E-state index in [0.29, 0.717) is 5.92 Å². The van der Waals surface area contributed by atoms with Crippen LogP contribution in [0.4, 0.5) is 0 Å². The highest BCUT2D eigenvalue weighted by Gasteiger charge is 2.41. The summed E-state index contributed by atoms with van der Waals surface area (Å²) >= 11 is 1.68. The molecule has 4 heteroatoms. The van der Waals surface area contributed by atoms with Gasteiger partial charge >= 0.3 is 5.97 Å². The summed E-state index contributed by atoms with van der Waals surface area (Å²) in [6.45, 7) is 4.12. The van der Waals surface area contributed by atoms with Crippen LogP contribution in [0.25, 0.3) is 0 Å². The molecule has 0 saturated heterocycles. The van der Waals surface area contributed by atoms with Crippen molar-refractivity contribution in [3.8, 4) is 0 Å². The first-order valence-corrected chi connectivity index (χ1v) is 6.51. The molecule has 0 amide bonds. The quantitative estimate of drug-likeness (QED) is 0.862. The number of aliphatic carboxylic acids is 1. The Bertz CT molecular complexity index is 372. The van der Waals surface area contributed by atoms with Crippen LogP contribution in [0, 0.1) is 11.3 Å². The smallest absolute Gasteiger partial charge is 0.307 e. The van der Waals surface area contributed by atoms with Gasteiger partial charge in [0.25, 0.3) is 0 Å². The number of hydrogen-bond donors (Lipinski definition) is 1. The van der Waals surface area contributed by atoms with Gasteiger partial charge in [0.15, 0.2) is 0 Å². The fourth-order valence-corrected chi connectivity index (χ4v) is 3.52. The van der Waals surface area contributed by atoms with Gasteiger partial charge in [-0.05, 0) is 24.7 Å². The second-order valence-corrected chi connectivity index (χ2v) is 6.15. The van der Waals surface area contributed by atoms with E-state index < -0.39 is 5.97 Å². The van der Waals surface area contributed by atoms with Gasteiger partial charge in [-0.15, -0.1) is 11.3 Å². The van der Waals surface area contributed by atoms with E-state index in [4.69, 9.17) is 0 Å². The Morgan fingerprint density at radius 2 is 2.31 bits per heavy atom. The highest BCUT2D eigenvalue weighted by Crippen LogP contribution is 2.47. The maximum Gasteiger partial charge on any atom is 0.307 e. The molecule has 0 aliphatic heterocycles. The van der Waals surface area contributed by atoms with E-state index in [0.717, 1.165) is 24.3 Å². The van der Waals surface area contributed by atoms with Gasteiger partial charge in [-0.25, -0.2) is 4.98 Å². The summed E-state index contributed by atoms with van der Waals surface area (Å²) in [7, 11) is 0. The fourth-order valence-electron chi connectivity index (χ4n) is 2.74. The first kappa shape index (κ1) is 11.6. The third kappa shape index (κ3) is 2.12. The summed E-state index contributed by atoms with van der Waals surface area (Å²) < 4.78 is 0. The van der Waals surface area contributed by atoms with E-state index in [2.05, 4.69) is 18.8 Å². The summed E-state index contributed by atoms with van der Waals surface area (Å²) in [5.41, 5.74) is -0.125. The van der Waals surface area contributed by atoms with Crippen molar-refractivity contribution in [2.45, 2.75) is 39.0 Å². The molecule has 1 N–H and O–H groups in total. The van der Waals surface area contributed by atoms with Gasteiger partial charge in [-0.1, -0.05) is 13.8 Å². The predicted molar refractivity (Wildman–Crippen MR) is 63.6 cm³/mol. The van der Waals surface area contributed by atoms with E-state index >= 15 is 0 Å². The molecule has 0 aromatic carbocycles. The number of thiazole rings is 1. The molecule has 1 aliphatic rings. The monoisotopic (exact) mass is 239 g/mol. The Balaban J connectivity index is 2.13. The summed E-state index contributed by atoms with van der Waals surface area (Å²) in [4.78, 5) is 15.5. The Labute approximate surface area is 99.5 Å². The SMILES string of the molecule is CC1(C)CC(c2nccs2)CCC1C(=O)O. The van der Waals surface area contributed by atoms with Crippen LogP contribution in [0.5, 0.6) is 0 Å². The number of carboxylic acids is 1. The van der Waals surface area contributed by atoms with E-state index in [1.807, 2.05) is 11.6 Å². The Morgan fingerprint density at radius 1 is 1.56 bits per heavy atom. The lowest BCUT2D eigenvalue weighted by Gasteiger charge is -2.39. The van der Waals surface area contributed by atoms with E-state index in [1.54, 1.807) is 11.3 Å². The molecule has 0 spiro atoms. The summed E-state index contributed by atoms with van der Waals surface area (Å²) in [5.74, 6) is -0.406. The Hall–Kier alpha value is -0.900. The third-order valence-corrected chi connectivity index (χ3v) is 4.56. The van der Waals surface area contributed by atoms with Crippen molar-refractivity contribution in [1.29, 1.82) is 0 Å². The van der Waals surface area contributed by atoms with Crippen LogP contribution in [0.15, 0.2) is 11.6 Å². The Kier molecular flexibility index (Phi) is 3.02. The topological polar surface area (TPSA) is 50.2 Å². The first-order valence-electron chi connectivity index (χ1n) is 5.63. The van der Waals surface area contributed by atoms with E-state index in [9.17, 15) is 9.90 Å². The number of carbonyl (C=O) groups is 1. The van der Waals surface area contributed by atoms with Crippen LogP contribution in [0.2, 0.25) is 0 Å². The minimum absolute atomic E-state index is 0.125. The molecule has 0 radical (unpaired) electrons. The minimum atomic E-state index is -0.650. The molecule has 1 fully saturated rings. The van der Waals surface area contributed by atoms with Gasteiger partial charge in [-0.3, -0.25) is 4.79 Å². The zero-order chi connectivity index (χ0) is 11.8. The first-order chi connectivity index (χ1) is 7.50. The fraction of sp³-hybridized carbons (Fsp3) is 0.667. The van der Waals surface area contributed by atoms with Gasteiger partial charge in [0.2, 0.25) is 0 Å². The lowest BCUT2D eigenvalue weighted by Crippen LogP contribution is -2.36. The van der Waals surface area contributed by atoms with Crippen LogP contribution in [-0.4, -0.2) is 16.1 Å². The number of carboxylic acid groups (broad SMARTS) is 1. The second-order valence-electron chi connectivity index (χ2n) is 5.23. The number of rotatable bonds is 2. The van der Waals surface area contributed by atoms with Crippen molar-refractivity contribution in [2.24, 2.45) is 11.3 Å². The molecule has 3 nitrogen and oxygen atoms in total. The molecule has 2 unspecified atom stereocenters. The van der Waals surface area contributed by atoms with Gasteiger partial charge in [0.1, 0.15) is 0 Å². The van der Waals surface area contributed by atoms with Gasteiger partial charge in [0.05, 0.1) is 10.9 Å². The number of aromatic nitrogens is 1. The lowest BCUT2D eigenvalue weighted by molar-refractivity contribution is -0.147. The van der Waals surface area contributed by atoms with Crippen LogP contribution in [0.1, 0.15) is 44.0 Å². The molecule has 1 aromatic heterocycles. The molecule has 1 saturated carbocycles. The minimum Gasteiger partial charge on any atom is -0.481 e. The van der Waals surface area contributed by atoms with Crippen molar-refractivity contribution in [3.05, 3.63) is 16.6 Å². The molecule has 88 valence electrons. The summed E-state index contributed by atoms with van der Waals surface area (Å²) in [5, 5.41) is 12.3. The Morgan fingerprint density at radius 3 is 2.81 bits per heavy atom. The number of hydrogen-bond acceptors (Lipinski definition) is 3. The zero-order valence-electron chi connectivity index (χ0n) is 9.64. The van der Waals surface area contributed by atoms with E-state index in [-0.39, 0.29) is 11.3 Å². The van der Waals surface area contributed by atoms with Crippen LogP contribution in [0.3, 0.4) is 0 Å². The highest BCUT2D eigenvalue weighted by molar-refractivity contribution is 7.09. The van der Waals surface area contributed by atoms with Gasteiger partial charge in [0, 0.05) is 17.5 Å². The van der Waals surface area contributed by atoms with Gasteiger partial charge < -0.3 is 5.11 Å². The standard InChI is InChI=1S/C12H17NO2S/c1-12(2)7-8(10-13-5-6-16-10)3-4-9(12)11(14)15/h5-6,8-9H,3-4,7H2,1-2H3,(H,14,15). The van der Waals surface area contributed by atoms with Crippen molar-refractivity contribution in [2.75, 3.05) is 0 Å². The van der Waals surface area contributed by atoms with Crippen LogP contribution < -0.4 is 0 Å². The largest absolute Gasteiger partial charge is 0.481 e. The molecular formula is C12H17NO2S. The van der Waals surface area contributed by atoms with Gasteiger partial charge in [-0.2, -0.15) is 0 Å². The average molecular weight is 239 g/mol. The molecule has 2 atom stereocenters. The predicted octanol–water partition coefficient (Wildman–Crippen LogP) is 3.14. The molecule has 1 aliphatic carbocycles. The van der Waals surface area contributed by atoms with Crippen molar-refractivity contribution >= 4 is 17.3 Å². The molecule has 1 heterocycles. The normalized spacial score (nSPS) is 28.9. The average Bonchev–Trinajstić information content (AvgIpc) is 2.67. The zero-order valence-corrected chi connectivity index (χ0v) is 10.5. The van der Waals surface area contributed by atoms with Crippen LogP contribution >= 0.6 is 11.3 Å². The maximum absolute atomic E-state index is 11.2. The third-order valence-electron chi connectivity index (χ3n) is 3.62. The van der Waals surface area contributed by atoms with Crippen molar-refractivity contribution < 1.29 is 9.90 Å². The highest BCUT2D eigenvalue weighted by atomic mass is 32.1.